The van der Waals surface area contributed by atoms with Crippen LogP contribution in [0.3, 0.4) is 0 Å². The van der Waals surface area contributed by atoms with Gasteiger partial charge in [-0.05, 0) is 50.2 Å². The number of benzene rings is 2. The Morgan fingerprint density at radius 1 is 1.00 bits per heavy atom. The number of halogens is 2. The first-order valence-corrected chi connectivity index (χ1v) is 11.8. The predicted molar refractivity (Wildman–Crippen MR) is 137 cm³/mol. The summed E-state index contributed by atoms with van der Waals surface area (Å²) in [7, 11) is 3.35. The highest BCUT2D eigenvalue weighted by Gasteiger charge is 2.27. The molecule has 0 bridgehead atoms. The number of carbonyl (C=O) groups is 2. The Kier molecular flexibility index (Phi) is 8.58. The van der Waals surface area contributed by atoms with Crippen LogP contribution in [0.4, 0.5) is 11.4 Å². The van der Waals surface area contributed by atoms with Gasteiger partial charge in [0.1, 0.15) is 11.3 Å². The van der Waals surface area contributed by atoms with Gasteiger partial charge in [-0.2, -0.15) is 0 Å². The molecule has 34 heavy (non-hydrogen) atoms. The van der Waals surface area contributed by atoms with Gasteiger partial charge in [0, 0.05) is 57.0 Å². The van der Waals surface area contributed by atoms with Crippen LogP contribution in [0.15, 0.2) is 47.0 Å². The van der Waals surface area contributed by atoms with Gasteiger partial charge < -0.3 is 19.6 Å². The molecule has 0 saturated carbocycles. The highest BCUT2D eigenvalue weighted by molar-refractivity contribution is 6.39. The molecule has 1 N–H and O–H groups in total. The standard InChI is InChI=1S/C25H28Cl2N4O3/c1-5-31(6-2)17-12-10-16(11-13-17)28-25(33)23-20(14-15-21(32)30(3)4)34-29-24(23)22-18(26)8-7-9-19(22)27/h7-13H,5-6,14-15H2,1-4H3,(H,28,33). The van der Waals surface area contributed by atoms with Gasteiger partial charge in [0.25, 0.3) is 5.91 Å². The van der Waals surface area contributed by atoms with E-state index in [-0.39, 0.29) is 30.0 Å². The van der Waals surface area contributed by atoms with Crippen molar-refractivity contribution < 1.29 is 14.1 Å². The lowest BCUT2D eigenvalue weighted by molar-refractivity contribution is -0.128. The molecule has 180 valence electrons. The molecule has 2 aromatic carbocycles. The minimum absolute atomic E-state index is 0.0907. The van der Waals surface area contributed by atoms with E-state index in [1.807, 2.05) is 24.3 Å². The fourth-order valence-electron chi connectivity index (χ4n) is 3.61. The Labute approximate surface area is 209 Å². The maximum Gasteiger partial charge on any atom is 0.261 e. The van der Waals surface area contributed by atoms with Crippen LogP contribution in [-0.4, -0.2) is 49.1 Å². The normalized spacial score (nSPS) is 10.8. The molecule has 0 atom stereocenters. The minimum Gasteiger partial charge on any atom is -0.372 e. The molecule has 1 heterocycles. The molecule has 3 aromatic rings. The fraction of sp³-hybridized carbons (Fsp3) is 0.320. The molecule has 3 rings (SSSR count). The quantitative estimate of drug-likeness (QED) is 0.401. The van der Waals surface area contributed by atoms with Crippen molar-refractivity contribution >= 4 is 46.4 Å². The second-order valence-electron chi connectivity index (χ2n) is 7.89. The van der Waals surface area contributed by atoms with Gasteiger partial charge in [-0.15, -0.1) is 0 Å². The van der Waals surface area contributed by atoms with E-state index in [0.29, 0.717) is 27.1 Å². The molecule has 9 heteroatoms. The lowest BCUT2D eigenvalue weighted by atomic mass is 10.0. The summed E-state index contributed by atoms with van der Waals surface area (Å²) in [6.07, 6.45) is 0.368. The van der Waals surface area contributed by atoms with Gasteiger partial charge in [-0.25, -0.2) is 0 Å². The summed E-state index contributed by atoms with van der Waals surface area (Å²) in [5.74, 6) is -0.222. The summed E-state index contributed by atoms with van der Waals surface area (Å²) >= 11 is 12.8. The zero-order valence-electron chi connectivity index (χ0n) is 19.7. The Hall–Kier alpha value is -3.03. The van der Waals surface area contributed by atoms with E-state index in [1.54, 1.807) is 32.3 Å². The number of hydrogen-bond acceptors (Lipinski definition) is 5. The van der Waals surface area contributed by atoms with Gasteiger partial charge in [0.05, 0.1) is 10.0 Å². The van der Waals surface area contributed by atoms with Crippen molar-refractivity contribution in [2.75, 3.05) is 37.4 Å². The predicted octanol–water partition coefficient (Wildman–Crippen LogP) is 5.77. The first kappa shape index (κ1) is 25.6. The molecule has 2 amide bonds. The molecule has 0 fully saturated rings. The zero-order valence-corrected chi connectivity index (χ0v) is 21.2. The third-order valence-corrected chi connectivity index (χ3v) is 6.14. The van der Waals surface area contributed by atoms with Crippen molar-refractivity contribution in [3.05, 3.63) is 63.8 Å². The van der Waals surface area contributed by atoms with Gasteiger partial charge >= 0.3 is 0 Å². The number of nitrogens with zero attached hydrogens (tertiary/aromatic N) is 3. The Morgan fingerprint density at radius 3 is 2.18 bits per heavy atom. The number of hydrogen-bond donors (Lipinski definition) is 1. The van der Waals surface area contributed by atoms with Crippen molar-refractivity contribution in [3.63, 3.8) is 0 Å². The first-order valence-electron chi connectivity index (χ1n) is 11.1. The van der Waals surface area contributed by atoms with Crippen LogP contribution in [0.1, 0.15) is 36.4 Å². The van der Waals surface area contributed by atoms with E-state index in [0.717, 1.165) is 18.8 Å². The number of nitrogens with one attached hydrogen (secondary N) is 1. The van der Waals surface area contributed by atoms with Crippen LogP contribution in [-0.2, 0) is 11.2 Å². The Bertz CT molecular complexity index is 1140. The van der Waals surface area contributed by atoms with E-state index < -0.39 is 5.91 Å². The topological polar surface area (TPSA) is 78.7 Å². The summed E-state index contributed by atoms with van der Waals surface area (Å²) in [5.41, 5.74) is 2.53. The number of carbonyl (C=O) groups excluding carboxylic acids is 2. The minimum atomic E-state index is -0.421. The van der Waals surface area contributed by atoms with E-state index in [9.17, 15) is 9.59 Å². The number of amides is 2. The highest BCUT2D eigenvalue weighted by atomic mass is 35.5. The molecule has 0 saturated heterocycles. The van der Waals surface area contributed by atoms with Crippen LogP contribution >= 0.6 is 23.2 Å². The maximum absolute atomic E-state index is 13.4. The van der Waals surface area contributed by atoms with Crippen LogP contribution < -0.4 is 10.2 Å². The highest BCUT2D eigenvalue weighted by Crippen LogP contribution is 2.37. The van der Waals surface area contributed by atoms with Crippen molar-refractivity contribution in [2.24, 2.45) is 0 Å². The van der Waals surface area contributed by atoms with E-state index in [2.05, 4.69) is 29.2 Å². The van der Waals surface area contributed by atoms with Crippen molar-refractivity contribution in [3.8, 4) is 11.3 Å². The number of aryl methyl sites for hydroxylation is 1. The first-order chi connectivity index (χ1) is 16.3. The third kappa shape index (κ3) is 5.72. The van der Waals surface area contributed by atoms with Crippen molar-refractivity contribution in [1.29, 1.82) is 0 Å². The molecule has 0 aliphatic heterocycles. The van der Waals surface area contributed by atoms with Crippen molar-refractivity contribution in [1.82, 2.24) is 10.1 Å². The van der Waals surface area contributed by atoms with Gasteiger partial charge in [-0.3, -0.25) is 9.59 Å². The van der Waals surface area contributed by atoms with Crippen LogP contribution in [0.5, 0.6) is 0 Å². The summed E-state index contributed by atoms with van der Waals surface area (Å²) in [6, 6.07) is 12.6. The molecule has 0 unspecified atom stereocenters. The fourth-order valence-corrected chi connectivity index (χ4v) is 4.18. The SMILES string of the molecule is CCN(CC)c1ccc(NC(=O)c2c(-c3c(Cl)cccc3Cl)noc2CCC(=O)N(C)C)cc1. The van der Waals surface area contributed by atoms with Crippen LogP contribution in [0, 0.1) is 0 Å². The Morgan fingerprint density at radius 2 is 1.62 bits per heavy atom. The molecule has 7 nitrogen and oxygen atoms in total. The van der Waals surface area contributed by atoms with Gasteiger partial charge in [0.2, 0.25) is 5.91 Å². The van der Waals surface area contributed by atoms with Gasteiger partial charge in [-0.1, -0.05) is 34.4 Å². The molecule has 0 aliphatic rings. The molecule has 1 aromatic heterocycles. The van der Waals surface area contributed by atoms with E-state index in [1.165, 1.54) is 4.90 Å². The average molecular weight is 503 g/mol. The van der Waals surface area contributed by atoms with Crippen LogP contribution in [0.25, 0.3) is 11.3 Å². The zero-order chi connectivity index (χ0) is 24.8. The largest absolute Gasteiger partial charge is 0.372 e. The summed E-state index contributed by atoms with van der Waals surface area (Å²) in [4.78, 5) is 29.2. The second kappa shape index (κ2) is 11.4. The smallest absolute Gasteiger partial charge is 0.261 e. The number of anilines is 2. The Balaban J connectivity index is 1.96. The third-order valence-electron chi connectivity index (χ3n) is 5.51. The number of aromatic nitrogens is 1. The second-order valence-corrected chi connectivity index (χ2v) is 8.70. The molecule has 0 spiro atoms. The molecule has 0 radical (unpaired) electrons. The molecular weight excluding hydrogens is 475 g/mol. The summed E-state index contributed by atoms with van der Waals surface area (Å²) in [5, 5.41) is 7.71. The molecular formula is C25H28Cl2N4O3. The van der Waals surface area contributed by atoms with Crippen molar-refractivity contribution in [2.45, 2.75) is 26.7 Å². The van der Waals surface area contributed by atoms with Crippen LogP contribution in [0.2, 0.25) is 10.0 Å². The lowest BCUT2D eigenvalue weighted by Crippen LogP contribution is -2.22. The average Bonchev–Trinajstić information content (AvgIpc) is 3.22. The summed E-state index contributed by atoms with van der Waals surface area (Å²) < 4.78 is 5.52. The maximum atomic E-state index is 13.4. The monoisotopic (exact) mass is 502 g/mol. The van der Waals surface area contributed by atoms with E-state index in [4.69, 9.17) is 27.7 Å². The molecule has 0 aliphatic carbocycles. The van der Waals surface area contributed by atoms with E-state index >= 15 is 0 Å². The lowest BCUT2D eigenvalue weighted by Gasteiger charge is -2.21. The van der Waals surface area contributed by atoms with Gasteiger partial charge in [0.15, 0.2) is 5.76 Å². The summed E-state index contributed by atoms with van der Waals surface area (Å²) in [6.45, 7) is 5.96. The number of rotatable bonds is 9.